The zero-order valence-corrected chi connectivity index (χ0v) is 14.6. The van der Waals surface area contributed by atoms with Crippen LogP contribution in [-0.4, -0.2) is 28.8 Å². The molecule has 2 aromatic heterocycles. The van der Waals surface area contributed by atoms with Crippen LogP contribution < -0.4 is 4.90 Å². The third kappa shape index (κ3) is 2.85. The topological polar surface area (TPSA) is 59.2 Å². The van der Waals surface area contributed by atoms with Gasteiger partial charge in [0.05, 0.1) is 4.88 Å². The number of carbonyl (C=O) groups is 1. The van der Waals surface area contributed by atoms with E-state index in [1.807, 2.05) is 52.9 Å². The molecule has 0 bridgehead atoms. The number of aromatic nitrogens is 2. The molecule has 7 heteroatoms. The first kappa shape index (κ1) is 15.4. The number of hydrogen-bond donors (Lipinski definition) is 0. The molecule has 1 atom stereocenters. The van der Waals surface area contributed by atoms with E-state index in [2.05, 4.69) is 10.1 Å². The van der Waals surface area contributed by atoms with Crippen LogP contribution >= 0.6 is 23.1 Å². The van der Waals surface area contributed by atoms with E-state index in [1.54, 1.807) is 23.1 Å². The maximum atomic E-state index is 12.4. The van der Waals surface area contributed by atoms with Gasteiger partial charge in [0.25, 0.3) is 5.89 Å². The maximum absolute atomic E-state index is 12.4. The van der Waals surface area contributed by atoms with Gasteiger partial charge in [-0.1, -0.05) is 17.3 Å². The highest BCUT2D eigenvalue weighted by atomic mass is 32.2. The number of thiophene rings is 1. The summed E-state index contributed by atoms with van der Waals surface area (Å²) in [7, 11) is 0. The first-order valence-corrected chi connectivity index (χ1v) is 9.67. The minimum absolute atomic E-state index is 0.0344. The Morgan fingerprint density at radius 3 is 3.04 bits per heavy atom. The molecule has 122 valence electrons. The summed E-state index contributed by atoms with van der Waals surface area (Å²) < 4.78 is 5.35. The zero-order valence-electron chi connectivity index (χ0n) is 13.0. The van der Waals surface area contributed by atoms with Crippen molar-refractivity contribution >= 4 is 34.7 Å². The molecule has 0 aliphatic carbocycles. The first-order valence-electron chi connectivity index (χ1n) is 7.56. The minimum atomic E-state index is -0.0344. The lowest BCUT2D eigenvalue weighted by Crippen LogP contribution is -2.24. The molecule has 5 nitrogen and oxygen atoms in total. The first-order chi connectivity index (χ1) is 11.7. The third-order valence-corrected chi connectivity index (χ3v) is 5.61. The monoisotopic (exact) mass is 357 g/mol. The lowest BCUT2D eigenvalue weighted by Gasteiger charge is -2.16. The van der Waals surface area contributed by atoms with Gasteiger partial charge in [-0.05, 0) is 35.9 Å². The molecule has 0 spiro atoms. The zero-order chi connectivity index (χ0) is 16.5. The molecule has 1 saturated heterocycles. The Morgan fingerprint density at radius 2 is 2.25 bits per heavy atom. The van der Waals surface area contributed by atoms with Gasteiger partial charge in [-0.15, -0.1) is 23.1 Å². The second-order valence-corrected chi connectivity index (χ2v) is 7.37. The SMILES string of the molecule is CSc1cccc(N2CC(c3noc(-c4cccs4)n3)CC2=O)c1. The molecule has 0 radical (unpaired) electrons. The van der Waals surface area contributed by atoms with Crippen molar-refractivity contribution in [3.8, 4) is 10.8 Å². The van der Waals surface area contributed by atoms with Crippen molar-refractivity contribution in [1.82, 2.24) is 10.1 Å². The van der Waals surface area contributed by atoms with Crippen LogP contribution in [-0.2, 0) is 4.79 Å². The number of carbonyl (C=O) groups excluding carboxylic acids is 1. The highest BCUT2D eigenvalue weighted by Gasteiger charge is 2.34. The van der Waals surface area contributed by atoms with Gasteiger partial charge in [-0.25, -0.2) is 0 Å². The van der Waals surface area contributed by atoms with Crippen molar-refractivity contribution in [2.75, 3.05) is 17.7 Å². The molecule has 24 heavy (non-hydrogen) atoms. The van der Waals surface area contributed by atoms with Crippen molar-refractivity contribution in [2.24, 2.45) is 0 Å². The molecule has 1 aromatic carbocycles. The molecule has 3 heterocycles. The lowest BCUT2D eigenvalue weighted by atomic mass is 10.1. The summed E-state index contributed by atoms with van der Waals surface area (Å²) in [6, 6.07) is 11.9. The summed E-state index contributed by atoms with van der Waals surface area (Å²) in [5.74, 6) is 1.19. The fraction of sp³-hybridized carbons (Fsp3) is 0.235. The van der Waals surface area contributed by atoms with Crippen LogP contribution in [0.4, 0.5) is 5.69 Å². The van der Waals surface area contributed by atoms with Crippen molar-refractivity contribution in [2.45, 2.75) is 17.2 Å². The Kier molecular flexibility index (Phi) is 4.12. The Hall–Kier alpha value is -2.12. The maximum Gasteiger partial charge on any atom is 0.267 e. The van der Waals surface area contributed by atoms with E-state index in [9.17, 15) is 4.79 Å². The fourth-order valence-electron chi connectivity index (χ4n) is 2.81. The number of hydrogen-bond acceptors (Lipinski definition) is 6. The fourth-order valence-corrected chi connectivity index (χ4v) is 3.91. The highest BCUT2D eigenvalue weighted by molar-refractivity contribution is 7.98. The summed E-state index contributed by atoms with van der Waals surface area (Å²) in [5.41, 5.74) is 0.927. The number of rotatable bonds is 4. The van der Waals surface area contributed by atoms with Gasteiger partial charge in [0, 0.05) is 29.5 Å². The Morgan fingerprint density at radius 1 is 1.33 bits per heavy atom. The second kappa shape index (κ2) is 6.41. The van der Waals surface area contributed by atoms with Gasteiger partial charge in [-0.2, -0.15) is 4.98 Å². The lowest BCUT2D eigenvalue weighted by molar-refractivity contribution is -0.117. The summed E-state index contributed by atoms with van der Waals surface area (Å²) in [4.78, 5) is 20.8. The number of nitrogens with zero attached hydrogens (tertiary/aromatic N) is 3. The van der Waals surface area contributed by atoms with E-state index in [0.717, 1.165) is 15.5 Å². The Balaban J connectivity index is 1.55. The highest BCUT2D eigenvalue weighted by Crippen LogP contribution is 2.33. The number of benzene rings is 1. The quantitative estimate of drug-likeness (QED) is 0.660. The van der Waals surface area contributed by atoms with Crippen molar-refractivity contribution in [3.63, 3.8) is 0 Å². The van der Waals surface area contributed by atoms with E-state index >= 15 is 0 Å². The number of anilines is 1. The molecule has 1 aliphatic rings. The molecule has 0 saturated carbocycles. The molecule has 1 fully saturated rings. The van der Waals surface area contributed by atoms with Gasteiger partial charge in [0.1, 0.15) is 0 Å². The normalized spacial score (nSPS) is 17.6. The minimum Gasteiger partial charge on any atom is -0.333 e. The average Bonchev–Trinajstić information content (AvgIpc) is 3.34. The summed E-state index contributed by atoms with van der Waals surface area (Å²) in [6.45, 7) is 0.583. The molecular formula is C17H15N3O2S2. The van der Waals surface area contributed by atoms with E-state index in [4.69, 9.17) is 4.52 Å². The summed E-state index contributed by atoms with van der Waals surface area (Å²) in [5, 5.41) is 6.06. The van der Waals surface area contributed by atoms with Crippen molar-refractivity contribution < 1.29 is 9.32 Å². The summed E-state index contributed by atoms with van der Waals surface area (Å²) >= 11 is 3.22. The van der Waals surface area contributed by atoms with E-state index in [0.29, 0.717) is 24.7 Å². The average molecular weight is 357 g/mol. The molecule has 3 aromatic rings. The van der Waals surface area contributed by atoms with E-state index in [1.165, 1.54) is 0 Å². The standard InChI is InChI=1S/C17H15N3O2S2/c1-23-13-5-2-4-12(9-13)20-10-11(8-15(20)21)16-18-17(22-19-16)14-6-3-7-24-14/h2-7,9,11H,8,10H2,1H3. The van der Waals surface area contributed by atoms with Gasteiger partial charge < -0.3 is 9.42 Å². The van der Waals surface area contributed by atoms with Gasteiger partial charge in [0.15, 0.2) is 5.82 Å². The van der Waals surface area contributed by atoms with E-state index in [-0.39, 0.29) is 11.8 Å². The van der Waals surface area contributed by atoms with Crippen molar-refractivity contribution in [1.29, 1.82) is 0 Å². The Bertz CT molecular complexity index is 860. The predicted octanol–water partition coefficient (Wildman–Crippen LogP) is 4.04. The van der Waals surface area contributed by atoms with Gasteiger partial charge >= 0.3 is 0 Å². The number of amides is 1. The molecule has 1 aliphatic heterocycles. The van der Waals surface area contributed by atoms with Crippen molar-refractivity contribution in [3.05, 3.63) is 47.6 Å². The molecule has 1 unspecified atom stereocenters. The van der Waals surface area contributed by atoms with E-state index < -0.39 is 0 Å². The van der Waals surface area contributed by atoms with Crippen LogP contribution in [0, 0.1) is 0 Å². The molecule has 1 amide bonds. The largest absolute Gasteiger partial charge is 0.333 e. The predicted molar refractivity (Wildman–Crippen MR) is 95.5 cm³/mol. The molecule has 0 N–H and O–H groups in total. The number of thioether (sulfide) groups is 1. The molecule has 4 rings (SSSR count). The summed E-state index contributed by atoms with van der Waals surface area (Å²) in [6.07, 6.45) is 2.44. The van der Waals surface area contributed by atoms with Crippen LogP contribution in [0.5, 0.6) is 0 Å². The van der Waals surface area contributed by atoms with Gasteiger partial charge in [-0.3, -0.25) is 4.79 Å². The van der Waals surface area contributed by atoms with Crippen LogP contribution in [0.1, 0.15) is 18.2 Å². The molecular weight excluding hydrogens is 342 g/mol. The third-order valence-electron chi connectivity index (χ3n) is 4.03. The van der Waals surface area contributed by atoms with Crippen LogP contribution in [0.2, 0.25) is 0 Å². The second-order valence-electron chi connectivity index (χ2n) is 5.54. The van der Waals surface area contributed by atoms with Gasteiger partial charge in [0.2, 0.25) is 5.91 Å². The van der Waals surface area contributed by atoms with Crippen LogP contribution in [0.3, 0.4) is 0 Å². The van der Waals surface area contributed by atoms with Crippen LogP contribution in [0.25, 0.3) is 10.8 Å². The Labute approximate surface area is 147 Å². The van der Waals surface area contributed by atoms with Crippen LogP contribution in [0.15, 0.2) is 51.2 Å². The smallest absolute Gasteiger partial charge is 0.267 e.